The molecule has 5 nitrogen and oxygen atoms in total. The van der Waals surface area contributed by atoms with Gasteiger partial charge in [0.2, 0.25) is 5.91 Å². The van der Waals surface area contributed by atoms with Gasteiger partial charge in [-0.2, -0.15) is 0 Å². The van der Waals surface area contributed by atoms with Gasteiger partial charge in [0.25, 0.3) is 0 Å². The minimum atomic E-state index is -1.17. The molecule has 0 bridgehead atoms. The van der Waals surface area contributed by atoms with Gasteiger partial charge >= 0.3 is 0 Å². The number of Topliss-reactive ketones (excluding diaryl/α,β-unsaturated/α-hetero) is 1. The highest BCUT2D eigenvalue weighted by Gasteiger charge is 2.70. The number of hydrogen-bond donors (Lipinski definition) is 2. The number of benzene rings is 2. The van der Waals surface area contributed by atoms with Crippen molar-refractivity contribution in [3.05, 3.63) is 89.5 Å². The van der Waals surface area contributed by atoms with E-state index in [-0.39, 0.29) is 38.8 Å². The summed E-state index contributed by atoms with van der Waals surface area (Å²) in [5, 5.41) is 14.4. The van der Waals surface area contributed by atoms with Crippen molar-refractivity contribution in [2.75, 3.05) is 27.2 Å². The number of rotatable bonds is 9. The maximum atomic E-state index is 13.0. The molecule has 2 aromatic rings. The number of likely N-dealkylation sites (N-methyl/N-ethyl adjacent to an activating group) is 1. The van der Waals surface area contributed by atoms with Crippen LogP contribution >= 0.6 is 0 Å². The summed E-state index contributed by atoms with van der Waals surface area (Å²) < 4.78 is 0. The van der Waals surface area contributed by atoms with E-state index in [1.54, 1.807) is 12.1 Å². The Balaban J connectivity index is 1.14. The average Bonchev–Trinajstić information content (AvgIpc) is 3.51. The zero-order chi connectivity index (χ0) is 38.1. The fourth-order valence-electron chi connectivity index (χ4n) is 14.1. The van der Waals surface area contributed by atoms with Crippen LogP contribution in [0.25, 0.3) is 5.57 Å². The number of aliphatic hydroxyl groups excluding tert-OH is 1. The van der Waals surface area contributed by atoms with E-state index in [1.165, 1.54) is 68.1 Å². The predicted molar refractivity (Wildman–Crippen MR) is 216 cm³/mol. The number of allylic oxidation sites excluding steroid dienone is 3. The first kappa shape index (κ1) is 38.3. The first-order valence-electron chi connectivity index (χ1n) is 20.6. The highest BCUT2D eigenvalue weighted by Crippen LogP contribution is 2.77. The van der Waals surface area contributed by atoms with E-state index in [0.717, 1.165) is 13.0 Å². The van der Waals surface area contributed by atoms with Gasteiger partial charge in [0.05, 0.1) is 6.54 Å². The molecule has 2 aromatic carbocycles. The van der Waals surface area contributed by atoms with Gasteiger partial charge in [-0.15, -0.1) is 0 Å². The molecular weight excluding hydrogens is 653 g/mol. The molecule has 286 valence electrons. The first-order chi connectivity index (χ1) is 25.0. The number of amides is 1. The van der Waals surface area contributed by atoms with Crippen molar-refractivity contribution in [3.8, 4) is 0 Å². The van der Waals surface area contributed by atoms with Crippen molar-refractivity contribution in [2.45, 2.75) is 105 Å². The van der Waals surface area contributed by atoms with Crippen LogP contribution in [0.15, 0.2) is 72.8 Å². The smallest absolute Gasteiger partial charge is 0.234 e. The predicted octanol–water partition coefficient (Wildman–Crippen LogP) is 9.93. The quantitative estimate of drug-likeness (QED) is 0.200. The molecule has 1 amide bonds. The molecule has 10 atom stereocenters. The Labute approximate surface area is 320 Å². The molecule has 4 saturated carbocycles. The zero-order valence-corrected chi connectivity index (χ0v) is 33.9. The minimum absolute atomic E-state index is 0.00490. The van der Waals surface area contributed by atoms with E-state index in [9.17, 15) is 14.7 Å². The highest BCUT2D eigenvalue weighted by molar-refractivity contribution is 5.99. The summed E-state index contributed by atoms with van der Waals surface area (Å²) in [7, 11) is 3.94. The molecule has 0 radical (unpaired) electrons. The second-order valence-corrected chi connectivity index (χ2v) is 19.9. The van der Waals surface area contributed by atoms with Gasteiger partial charge in [-0.3, -0.25) is 9.59 Å². The van der Waals surface area contributed by atoms with Crippen LogP contribution in [0.1, 0.15) is 127 Å². The van der Waals surface area contributed by atoms with E-state index in [4.69, 9.17) is 0 Å². The third-order valence-corrected chi connectivity index (χ3v) is 16.8. The summed E-state index contributed by atoms with van der Waals surface area (Å²) in [4.78, 5) is 27.9. The lowest BCUT2D eigenvalue weighted by Crippen LogP contribution is -2.66. The van der Waals surface area contributed by atoms with Crippen molar-refractivity contribution < 1.29 is 14.7 Å². The third kappa shape index (κ3) is 6.02. The summed E-state index contributed by atoms with van der Waals surface area (Å²) in [5.41, 5.74) is 6.03. The molecule has 0 saturated heterocycles. The lowest BCUT2D eigenvalue weighted by atomic mass is 9.32. The molecule has 7 rings (SSSR count). The average molecular weight is 719 g/mol. The van der Waals surface area contributed by atoms with E-state index in [2.05, 4.69) is 71.6 Å². The molecule has 0 spiro atoms. The minimum Gasteiger partial charge on any atom is -0.380 e. The van der Waals surface area contributed by atoms with Crippen molar-refractivity contribution in [1.29, 1.82) is 0 Å². The normalized spacial score (nSPS) is 37.7. The maximum Gasteiger partial charge on any atom is 0.234 e. The summed E-state index contributed by atoms with van der Waals surface area (Å²) >= 11 is 0. The standard InChI is InChI=1S/C48H66N2O3/c1-31(2)35-21-26-48(30-49-40(51)29-50(8)9)28-27-46(6)37(41(35)48)19-20-39-45(5)24-22-36(44(3,4)38(45)23-25-47(39,46)7)32-15-17-34(18-16-32)43(53)42(52)33-13-11-10-12-14-33/h10-18,22,35,37-39,41,43,53H,1,19-21,23-30H2,2-9H3,(H,49,51)/t35-,37+,38-,39+,41+,43?,45-,46+,47+,48+/m0/s1. The van der Waals surface area contributed by atoms with Crippen molar-refractivity contribution in [3.63, 3.8) is 0 Å². The lowest BCUT2D eigenvalue weighted by Gasteiger charge is -2.72. The largest absolute Gasteiger partial charge is 0.380 e. The summed E-state index contributed by atoms with van der Waals surface area (Å²) in [6.45, 7) is 21.1. The van der Waals surface area contributed by atoms with Gasteiger partial charge < -0.3 is 15.3 Å². The number of carbonyl (C=O) groups is 2. The van der Waals surface area contributed by atoms with Gasteiger partial charge in [-0.25, -0.2) is 0 Å². The molecule has 2 N–H and O–H groups in total. The maximum absolute atomic E-state index is 13.0. The van der Waals surface area contributed by atoms with E-state index in [0.29, 0.717) is 47.3 Å². The monoisotopic (exact) mass is 719 g/mol. The van der Waals surface area contributed by atoms with Crippen LogP contribution in [-0.2, 0) is 4.79 Å². The number of aliphatic hydroxyl groups is 1. The van der Waals surface area contributed by atoms with Crippen LogP contribution in [0.2, 0.25) is 0 Å². The van der Waals surface area contributed by atoms with Crippen LogP contribution in [-0.4, -0.2) is 48.9 Å². The van der Waals surface area contributed by atoms with Crippen LogP contribution in [0, 0.1) is 56.7 Å². The Morgan fingerprint density at radius 1 is 0.868 bits per heavy atom. The van der Waals surface area contributed by atoms with Gasteiger partial charge in [-0.1, -0.05) is 107 Å². The van der Waals surface area contributed by atoms with Crippen LogP contribution < -0.4 is 5.32 Å². The molecule has 0 aromatic heterocycles. The number of carbonyl (C=O) groups excluding carboxylic acids is 2. The van der Waals surface area contributed by atoms with Crippen molar-refractivity contribution >= 4 is 17.3 Å². The van der Waals surface area contributed by atoms with Gasteiger partial charge in [0.15, 0.2) is 5.78 Å². The summed E-state index contributed by atoms with van der Waals surface area (Å²) in [6.07, 6.45) is 12.4. The second kappa shape index (κ2) is 13.6. The fraction of sp³-hybridized carbons (Fsp3) is 0.625. The molecule has 53 heavy (non-hydrogen) atoms. The number of fused-ring (bicyclic) bond motifs is 7. The highest BCUT2D eigenvalue weighted by atomic mass is 16.3. The zero-order valence-electron chi connectivity index (χ0n) is 33.9. The first-order valence-corrected chi connectivity index (χ1v) is 20.6. The third-order valence-electron chi connectivity index (χ3n) is 16.8. The molecule has 5 heteroatoms. The SMILES string of the molecule is C=C(C)[C@@H]1CC[C@]2(CNC(=O)CN(C)C)CC[C@]3(C)[C@H](CC[C@@H]4[C@@]5(C)CC=C(c6ccc(C(O)C(=O)c7ccccc7)cc6)C(C)(C)[C@@H]5CC[C@]43C)[C@@H]12. The number of nitrogens with zero attached hydrogens (tertiary/aromatic N) is 1. The van der Waals surface area contributed by atoms with Gasteiger partial charge in [0, 0.05) is 12.1 Å². The Kier molecular flexibility index (Phi) is 9.83. The number of nitrogens with one attached hydrogen (secondary N) is 1. The van der Waals surface area contributed by atoms with E-state index < -0.39 is 6.10 Å². The Hall–Kier alpha value is -3.02. The lowest BCUT2D eigenvalue weighted by molar-refractivity contribution is -0.225. The molecule has 5 aliphatic carbocycles. The summed E-state index contributed by atoms with van der Waals surface area (Å²) in [6, 6.07) is 17.2. The molecular formula is C48H66N2O3. The number of ketones is 1. The molecule has 0 aliphatic heterocycles. The van der Waals surface area contributed by atoms with Crippen LogP contribution in [0.3, 0.4) is 0 Å². The second-order valence-electron chi connectivity index (χ2n) is 19.9. The van der Waals surface area contributed by atoms with Crippen molar-refractivity contribution in [2.24, 2.45) is 56.7 Å². The number of hydrogen-bond acceptors (Lipinski definition) is 4. The van der Waals surface area contributed by atoms with Crippen molar-refractivity contribution in [1.82, 2.24) is 10.2 Å². The fourth-order valence-corrected chi connectivity index (χ4v) is 14.1. The molecule has 5 aliphatic rings. The van der Waals surface area contributed by atoms with Gasteiger partial charge in [-0.05, 0) is 152 Å². The summed E-state index contributed by atoms with van der Waals surface area (Å²) in [5.74, 6) is 2.89. The molecule has 0 heterocycles. The van der Waals surface area contributed by atoms with E-state index in [1.807, 2.05) is 49.3 Å². The molecule has 4 fully saturated rings. The van der Waals surface area contributed by atoms with Crippen LogP contribution in [0.4, 0.5) is 0 Å². The Morgan fingerprint density at radius 3 is 2.23 bits per heavy atom. The molecule has 1 unspecified atom stereocenters. The Bertz CT molecular complexity index is 1760. The van der Waals surface area contributed by atoms with Gasteiger partial charge in [0.1, 0.15) is 6.10 Å². The van der Waals surface area contributed by atoms with Crippen LogP contribution in [0.5, 0.6) is 0 Å². The van der Waals surface area contributed by atoms with E-state index >= 15 is 0 Å². The Morgan fingerprint density at radius 2 is 1.57 bits per heavy atom. The topological polar surface area (TPSA) is 69.6 Å².